The predicted molar refractivity (Wildman–Crippen MR) is 90.0 cm³/mol. The maximum Gasteiger partial charge on any atom is 0.250 e. The summed E-state index contributed by atoms with van der Waals surface area (Å²) in [4.78, 5) is 11.2. The fraction of sp³-hybridized carbons (Fsp3) is 0.278. The first-order valence-electron chi connectivity index (χ1n) is 7.42. The van der Waals surface area contributed by atoms with Crippen LogP contribution in [0.15, 0.2) is 48.5 Å². The van der Waals surface area contributed by atoms with Gasteiger partial charge in [-0.3, -0.25) is 4.79 Å². The fourth-order valence-electron chi connectivity index (χ4n) is 2.13. The Kier molecular flexibility index (Phi) is 5.55. The number of hydrogen-bond donors (Lipinski definition) is 3. The molecule has 0 atom stereocenters. The highest BCUT2D eigenvalue weighted by molar-refractivity contribution is 5.91. The lowest BCUT2D eigenvalue weighted by Gasteiger charge is -2.10. The van der Waals surface area contributed by atoms with Crippen molar-refractivity contribution in [3.63, 3.8) is 0 Å². The van der Waals surface area contributed by atoms with Gasteiger partial charge in [0, 0.05) is 17.9 Å². The Hall–Kier alpha value is -2.33. The minimum atomic E-state index is -0.514. The maximum absolute atomic E-state index is 11.2. The summed E-state index contributed by atoms with van der Waals surface area (Å²) in [6, 6.07) is 16.0. The summed E-state index contributed by atoms with van der Waals surface area (Å²) in [6.45, 7) is 4.56. The third kappa shape index (κ3) is 4.60. The number of amides is 1. The number of benzene rings is 2. The number of aliphatic hydroxyl groups excluding tert-OH is 1. The van der Waals surface area contributed by atoms with Gasteiger partial charge in [-0.15, -0.1) is 0 Å². The van der Waals surface area contributed by atoms with E-state index in [0.29, 0.717) is 11.6 Å². The van der Waals surface area contributed by atoms with Crippen LogP contribution in [-0.2, 0) is 11.3 Å². The van der Waals surface area contributed by atoms with Crippen LogP contribution >= 0.6 is 0 Å². The lowest BCUT2D eigenvalue weighted by molar-refractivity contribution is -0.118. The molecule has 0 saturated carbocycles. The molecule has 0 radical (unpaired) electrons. The van der Waals surface area contributed by atoms with Crippen LogP contribution in [0.3, 0.4) is 0 Å². The zero-order chi connectivity index (χ0) is 15.9. The van der Waals surface area contributed by atoms with Gasteiger partial charge in [0.2, 0.25) is 5.91 Å². The number of anilines is 2. The van der Waals surface area contributed by atoms with Crippen molar-refractivity contribution in [3.8, 4) is 0 Å². The quantitative estimate of drug-likeness (QED) is 0.766. The van der Waals surface area contributed by atoms with E-state index in [0.717, 1.165) is 12.2 Å². The molecule has 0 bridgehead atoms. The van der Waals surface area contributed by atoms with E-state index in [9.17, 15) is 4.79 Å². The third-order valence-corrected chi connectivity index (χ3v) is 3.43. The van der Waals surface area contributed by atoms with Gasteiger partial charge in [0.05, 0.1) is 0 Å². The molecule has 0 aliphatic heterocycles. The van der Waals surface area contributed by atoms with E-state index in [1.54, 1.807) is 6.07 Å². The fourth-order valence-corrected chi connectivity index (χ4v) is 2.13. The molecular formula is C18H22N2O2. The van der Waals surface area contributed by atoms with Gasteiger partial charge < -0.3 is 15.7 Å². The molecule has 2 aromatic rings. The number of carbonyl (C=O) groups is 1. The molecule has 2 aromatic carbocycles. The largest absolute Gasteiger partial charge is 0.387 e. The van der Waals surface area contributed by atoms with Gasteiger partial charge in [-0.25, -0.2) is 0 Å². The summed E-state index contributed by atoms with van der Waals surface area (Å²) in [5.41, 5.74) is 4.12. The molecule has 0 aromatic heterocycles. The Morgan fingerprint density at radius 2 is 1.77 bits per heavy atom. The van der Waals surface area contributed by atoms with Gasteiger partial charge in [0.25, 0.3) is 0 Å². The highest BCUT2D eigenvalue weighted by atomic mass is 16.3. The van der Waals surface area contributed by atoms with Gasteiger partial charge in [-0.2, -0.15) is 0 Å². The normalized spacial score (nSPS) is 10.5. The first-order chi connectivity index (χ1) is 10.6. The average molecular weight is 298 g/mol. The summed E-state index contributed by atoms with van der Waals surface area (Å²) < 4.78 is 0. The predicted octanol–water partition coefficient (Wildman–Crippen LogP) is 3.35. The minimum absolute atomic E-state index is 0.415. The molecule has 4 heteroatoms. The Morgan fingerprint density at radius 1 is 1.09 bits per heavy atom. The van der Waals surface area contributed by atoms with Crippen molar-refractivity contribution in [2.45, 2.75) is 26.3 Å². The Bertz CT molecular complexity index is 621. The van der Waals surface area contributed by atoms with Crippen LogP contribution in [0, 0.1) is 0 Å². The lowest BCUT2D eigenvalue weighted by atomic mass is 10.0. The molecule has 0 heterocycles. The molecule has 22 heavy (non-hydrogen) atoms. The van der Waals surface area contributed by atoms with Gasteiger partial charge >= 0.3 is 0 Å². The van der Waals surface area contributed by atoms with Crippen molar-refractivity contribution >= 4 is 17.3 Å². The van der Waals surface area contributed by atoms with E-state index >= 15 is 0 Å². The number of hydrogen-bond acceptors (Lipinski definition) is 3. The SMILES string of the molecule is CC(C)c1ccc(CNc2cccc(NC(=O)CO)c2)cc1. The second-order valence-electron chi connectivity index (χ2n) is 5.54. The van der Waals surface area contributed by atoms with Crippen molar-refractivity contribution < 1.29 is 9.90 Å². The summed E-state index contributed by atoms with van der Waals surface area (Å²) in [6.07, 6.45) is 0. The van der Waals surface area contributed by atoms with E-state index in [-0.39, 0.29) is 0 Å². The molecule has 1 amide bonds. The van der Waals surface area contributed by atoms with Crippen molar-refractivity contribution in [1.29, 1.82) is 0 Å². The molecule has 0 saturated heterocycles. The smallest absolute Gasteiger partial charge is 0.250 e. The molecule has 0 fully saturated rings. The molecule has 0 spiro atoms. The van der Waals surface area contributed by atoms with Crippen LogP contribution in [0.1, 0.15) is 30.9 Å². The number of aliphatic hydroxyl groups is 1. The van der Waals surface area contributed by atoms with Crippen molar-refractivity contribution in [2.75, 3.05) is 17.2 Å². The second-order valence-corrected chi connectivity index (χ2v) is 5.54. The van der Waals surface area contributed by atoms with Crippen molar-refractivity contribution in [3.05, 3.63) is 59.7 Å². The summed E-state index contributed by atoms with van der Waals surface area (Å²) in [5.74, 6) is 0.121. The zero-order valence-corrected chi connectivity index (χ0v) is 13.0. The van der Waals surface area contributed by atoms with Crippen LogP contribution < -0.4 is 10.6 Å². The number of carbonyl (C=O) groups excluding carboxylic acids is 1. The zero-order valence-electron chi connectivity index (χ0n) is 13.0. The number of rotatable bonds is 6. The summed E-state index contributed by atoms with van der Waals surface area (Å²) in [5, 5.41) is 14.7. The van der Waals surface area contributed by atoms with E-state index in [1.807, 2.05) is 18.2 Å². The summed E-state index contributed by atoms with van der Waals surface area (Å²) in [7, 11) is 0. The first kappa shape index (κ1) is 16.0. The molecule has 0 aliphatic rings. The molecular weight excluding hydrogens is 276 g/mol. The Morgan fingerprint density at radius 3 is 2.41 bits per heavy atom. The highest BCUT2D eigenvalue weighted by Crippen LogP contribution is 2.18. The Labute approximate surface area is 131 Å². The minimum Gasteiger partial charge on any atom is -0.387 e. The van der Waals surface area contributed by atoms with Crippen LogP contribution in [0.2, 0.25) is 0 Å². The maximum atomic E-state index is 11.2. The van der Waals surface area contributed by atoms with Crippen LogP contribution in [0.25, 0.3) is 0 Å². The first-order valence-corrected chi connectivity index (χ1v) is 7.42. The second kappa shape index (κ2) is 7.61. The monoisotopic (exact) mass is 298 g/mol. The molecule has 4 nitrogen and oxygen atoms in total. The molecule has 0 aliphatic carbocycles. The van der Waals surface area contributed by atoms with Gasteiger partial charge in [-0.1, -0.05) is 44.2 Å². The van der Waals surface area contributed by atoms with Crippen LogP contribution in [0.5, 0.6) is 0 Å². The topological polar surface area (TPSA) is 61.4 Å². The van der Waals surface area contributed by atoms with Crippen LogP contribution in [0.4, 0.5) is 11.4 Å². The molecule has 3 N–H and O–H groups in total. The molecule has 2 rings (SSSR count). The standard InChI is InChI=1S/C18H22N2O2/c1-13(2)15-8-6-14(7-9-15)11-19-16-4-3-5-17(10-16)20-18(22)12-21/h3-10,13,19,21H,11-12H2,1-2H3,(H,20,22). The number of nitrogens with one attached hydrogen (secondary N) is 2. The van der Waals surface area contributed by atoms with Gasteiger partial charge in [-0.05, 0) is 35.2 Å². The van der Waals surface area contributed by atoms with Crippen molar-refractivity contribution in [2.24, 2.45) is 0 Å². The average Bonchev–Trinajstić information content (AvgIpc) is 2.53. The van der Waals surface area contributed by atoms with E-state index in [4.69, 9.17) is 5.11 Å². The lowest BCUT2D eigenvalue weighted by Crippen LogP contribution is -2.15. The van der Waals surface area contributed by atoms with Gasteiger partial charge in [0.1, 0.15) is 6.61 Å². The molecule has 116 valence electrons. The Balaban J connectivity index is 1.96. The summed E-state index contributed by atoms with van der Waals surface area (Å²) >= 11 is 0. The molecule has 0 unspecified atom stereocenters. The van der Waals surface area contributed by atoms with E-state index < -0.39 is 12.5 Å². The van der Waals surface area contributed by atoms with Crippen LogP contribution in [-0.4, -0.2) is 17.6 Å². The van der Waals surface area contributed by atoms with Gasteiger partial charge in [0.15, 0.2) is 0 Å². The highest BCUT2D eigenvalue weighted by Gasteiger charge is 2.02. The third-order valence-electron chi connectivity index (χ3n) is 3.43. The van der Waals surface area contributed by atoms with E-state index in [2.05, 4.69) is 48.7 Å². The van der Waals surface area contributed by atoms with Crippen molar-refractivity contribution in [1.82, 2.24) is 0 Å². The van der Waals surface area contributed by atoms with E-state index in [1.165, 1.54) is 11.1 Å².